The van der Waals surface area contributed by atoms with E-state index in [1.165, 1.54) is 22.9 Å². The van der Waals surface area contributed by atoms with Crippen molar-refractivity contribution >= 4 is 5.69 Å². The van der Waals surface area contributed by atoms with Crippen molar-refractivity contribution in [3.63, 3.8) is 0 Å². The van der Waals surface area contributed by atoms with Crippen LogP contribution < -0.4 is 5.56 Å². The highest BCUT2D eigenvalue weighted by atomic mass is 16.6. The smallest absolute Gasteiger partial charge is 0.285 e. The van der Waals surface area contributed by atoms with Crippen molar-refractivity contribution in [2.75, 3.05) is 26.7 Å². The number of aromatic nitrogens is 1. The summed E-state index contributed by atoms with van der Waals surface area (Å²) in [7, 11) is 1.81. The van der Waals surface area contributed by atoms with Gasteiger partial charge in [0.15, 0.2) is 0 Å². The molecule has 0 aliphatic heterocycles. The number of hydrogen-bond acceptors (Lipinski definition) is 6. The number of aliphatic hydroxyl groups is 1. The number of likely N-dealkylation sites (N-methyl/N-ethyl adjacent to an activating group) is 1. The number of benzene rings is 1. The van der Waals surface area contributed by atoms with E-state index in [2.05, 4.69) is 0 Å². The molecule has 1 heterocycles. The zero-order valence-electron chi connectivity index (χ0n) is 14.7. The van der Waals surface area contributed by atoms with Crippen molar-refractivity contribution in [2.24, 2.45) is 0 Å². The molecule has 0 aliphatic rings. The van der Waals surface area contributed by atoms with Gasteiger partial charge < -0.3 is 19.3 Å². The molecule has 8 nitrogen and oxygen atoms in total. The third-order valence-corrected chi connectivity index (χ3v) is 3.85. The minimum Gasteiger partial charge on any atom is -0.389 e. The normalized spacial score (nSPS) is 12.3. The van der Waals surface area contributed by atoms with Crippen LogP contribution in [0.4, 0.5) is 5.69 Å². The zero-order valence-corrected chi connectivity index (χ0v) is 14.7. The van der Waals surface area contributed by atoms with Gasteiger partial charge in [0.1, 0.15) is 0 Å². The maximum Gasteiger partial charge on any atom is 0.285 e. The summed E-state index contributed by atoms with van der Waals surface area (Å²) < 4.78 is 6.80. The van der Waals surface area contributed by atoms with Crippen LogP contribution in [0.25, 0.3) is 0 Å². The summed E-state index contributed by atoms with van der Waals surface area (Å²) in [6.07, 6.45) is 0.570. The second kappa shape index (κ2) is 9.81. The largest absolute Gasteiger partial charge is 0.389 e. The third-order valence-electron chi connectivity index (χ3n) is 3.85. The van der Waals surface area contributed by atoms with E-state index < -0.39 is 11.0 Å². The molecule has 26 heavy (non-hydrogen) atoms. The molecule has 1 N–H and O–H groups in total. The SMILES string of the molecule is CN(CCn1cc([N+](=O)[O-])ccc1=O)CC(O)COCc1ccccc1. The number of rotatable bonds is 10. The molecule has 1 aromatic heterocycles. The van der Waals surface area contributed by atoms with E-state index in [4.69, 9.17) is 4.74 Å². The molecular formula is C18H23N3O5. The van der Waals surface area contributed by atoms with E-state index in [0.717, 1.165) is 5.56 Å². The lowest BCUT2D eigenvalue weighted by Gasteiger charge is -2.21. The van der Waals surface area contributed by atoms with E-state index in [9.17, 15) is 20.0 Å². The molecule has 0 amide bonds. The van der Waals surface area contributed by atoms with E-state index in [-0.39, 0.29) is 17.9 Å². The Balaban J connectivity index is 1.74. The first-order chi connectivity index (χ1) is 12.5. The minimum atomic E-state index is -0.662. The van der Waals surface area contributed by atoms with Crippen LogP contribution in [0.15, 0.2) is 53.5 Å². The van der Waals surface area contributed by atoms with Crippen LogP contribution in [0.2, 0.25) is 0 Å². The maximum absolute atomic E-state index is 11.8. The predicted octanol–water partition coefficient (Wildman–Crippen LogP) is 1.27. The second-order valence-corrected chi connectivity index (χ2v) is 6.09. The molecule has 0 aliphatic carbocycles. The van der Waals surface area contributed by atoms with Crippen molar-refractivity contribution in [2.45, 2.75) is 19.3 Å². The van der Waals surface area contributed by atoms with Crippen LogP contribution in [0, 0.1) is 10.1 Å². The van der Waals surface area contributed by atoms with Gasteiger partial charge in [-0.15, -0.1) is 0 Å². The minimum absolute atomic E-state index is 0.124. The number of pyridine rings is 1. The van der Waals surface area contributed by atoms with Crippen LogP contribution >= 0.6 is 0 Å². The Morgan fingerprint density at radius 1 is 1.27 bits per heavy atom. The number of ether oxygens (including phenoxy) is 1. The molecule has 0 saturated heterocycles. The van der Waals surface area contributed by atoms with Crippen LogP contribution in [-0.4, -0.2) is 52.3 Å². The molecule has 2 aromatic rings. The number of nitrogens with zero attached hydrogens (tertiary/aromatic N) is 3. The summed E-state index contributed by atoms with van der Waals surface area (Å²) in [5.74, 6) is 0. The van der Waals surface area contributed by atoms with Gasteiger partial charge in [-0.3, -0.25) is 14.9 Å². The molecular weight excluding hydrogens is 338 g/mol. The van der Waals surface area contributed by atoms with Crippen molar-refractivity contribution in [3.8, 4) is 0 Å². The van der Waals surface area contributed by atoms with E-state index in [1.807, 2.05) is 42.3 Å². The van der Waals surface area contributed by atoms with E-state index in [0.29, 0.717) is 26.2 Å². The Hall–Kier alpha value is -2.55. The van der Waals surface area contributed by atoms with Gasteiger partial charge >= 0.3 is 0 Å². The first kappa shape index (κ1) is 19.8. The summed E-state index contributed by atoms with van der Waals surface area (Å²) in [6.45, 7) is 1.78. The van der Waals surface area contributed by atoms with Crippen LogP contribution in [0.5, 0.6) is 0 Å². The standard InChI is InChI=1S/C18H23N3O5/c1-19(9-10-20-11-16(21(24)25)7-8-18(20)23)12-17(22)14-26-13-15-5-3-2-4-6-15/h2-8,11,17,22H,9-10,12-14H2,1H3. The summed E-state index contributed by atoms with van der Waals surface area (Å²) in [5.41, 5.74) is 0.621. The highest BCUT2D eigenvalue weighted by Gasteiger charge is 2.11. The lowest BCUT2D eigenvalue weighted by Crippen LogP contribution is -2.35. The Kier molecular flexibility index (Phi) is 7.46. The summed E-state index contributed by atoms with van der Waals surface area (Å²) in [5, 5.41) is 20.8. The summed E-state index contributed by atoms with van der Waals surface area (Å²) in [6, 6.07) is 12.1. The van der Waals surface area contributed by atoms with Crippen LogP contribution in [-0.2, 0) is 17.9 Å². The first-order valence-electron chi connectivity index (χ1n) is 8.29. The predicted molar refractivity (Wildman–Crippen MR) is 97.0 cm³/mol. The molecule has 140 valence electrons. The molecule has 2 rings (SSSR count). The molecule has 1 atom stereocenters. The van der Waals surface area contributed by atoms with Gasteiger partial charge in [-0.05, 0) is 12.6 Å². The van der Waals surface area contributed by atoms with Gasteiger partial charge in [-0.1, -0.05) is 30.3 Å². The average Bonchev–Trinajstić information content (AvgIpc) is 2.61. The fourth-order valence-electron chi connectivity index (χ4n) is 2.47. The number of hydrogen-bond donors (Lipinski definition) is 1. The molecule has 1 aromatic carbocycles. The van der Waals surface area contributed by atoms with E-state index in [1.54, 1.807) is 0 Å². The zero-order chi connectivity index (χ0) is 18.9. The third kappa shape index (κ3) is 6.40. The van der Waals surface area contributed by atoms with Crippen LogP contribution in [0.3, 0.4) is 0 Å². The molecule has 8 heteroatoms. The quantitative estimate of drug-likeness (QED) is 0.505. The van der Waals surface area contributed by atoms with Crippen molar-refractivity contribution in [1.29, 1.82) is 0 Å². The first-order valence-corrected chi connectivity index (χ1v) is 8.29. The van der Waals surface area contributed by atoms with E-state index >= 15 is 0 Å². The average molecular weight is 361 g/mol. The second-order valence-electron chi connectivity index (χ2n) is 6.09. The maximum atomic E-state index is 11.8. The van der Waals surface area contributed by atoms with Gasteiger partial charge in [0.2, 0.25) is 0 Å². The molecule has 0 bridgehead atoms. The van der Waals surface area contributed by atoms with Gasteiger partial charge in [0.25, 0.3) is 11.2 Å². The highest BCUT2D eigenvalue weighted by molar-refractivity contribution is 5.24. The monoisotopic (exact) mass is 361 g/mol. The fourth-order valence-corrected chi connectivity index (χ4v) is 2.47. The Labute approximate surface area is 151 Å². The van der Waals surface area contributed by atoms with Gasteiger partial charge in [-0.25, -0.2) is 0 Å². The van der Waals surface area contributed by atoms with Gasteiger partial charge in [0.05, 0.1) is 30.4 Å². The summed E-state index contributed by atoms with van der Waals surface area (Å²) in [4.78, 5) is 23.9. The topological polar surface area (TPSA) is 97.8 Å². The van der Waals surface area contributed by atoms with Crippen molar-refractivity contribution in [3.05, 3.63) is 74.7 Å². The molecule has 1 unspecified atom stereocenters. The summed E-state index contributed by atoms with van der Waals surface area (Å²) >= 11 is 0. The Morgan fingerprint density at radius 3 is 2.69 bits per heavy atom. The lowest BCUT2D eigenvalue weighted by atomic mass is 10.2. The molecule has 0 fully saturated rings. The highest BCUT2D eigenvalue weighted by Crippen LogP contribution is 2.06. The Bertz CT molecular complexity index is 763. The molecule has 0 radical (unpaired) electrons. The Morgan fingerprint density at radius 2 is 2.00 bits per heavy atom. The molecule has 0 saturated carbocycles. The lowest BCUT2D eigenvalue weighted by molar-refractivity contribution is -0.385. The van der Waals surface area contributed by atoms with Crippen LogP contribution in [0.1, 0.15) is 5.56 Å². The van der Waals surface area contributed by atoms with Crippen molar-refractivity contribution < 1.29 is 14.8 Å². The number of aliphatic hydroxyl groups excluding tert-OH is 1. The van der Waals surface area contributed by atoms with Gasteiger partial charge in [0, 0.05) is 31.8 Å². The van der Waals surface area contributed by atoms with Gasteiger partial charge in [-0.2, -0.15) is 0 Å². The molecule has 0 spiro atoms. The van der Waals surface area contributed by atoms with Crippen molar-refractivity contribution in [1.82, 2.24) is 9.47 Å². The number of nitro groups is 1. The fraction of sp³-hybridized carbons (Fsp3) is 0.389.